The first kappa shape index (κ1) is 12.8. The largest absolute Gasteiger partial charge is 0.347 e. The molecule has 2 aliphatic heterocycles. The predicted molar refractivity (Wildman–Crippen MR) is 72.3 cm³/mol. The number of nitro groups is 1. The van der Waals surface area contributed by atoms with Crippen LogP contribution in [0.5, 0.6) is 0 Å². The van der Waals surface area contributed by atoms with Crippen LogP contribution in [0.4, 0.5) is 11.5 Å². The van der Waals surface area contributed by atoms with Gasteiger partial charge in [0.25, 0.3) is 0 Å². The predicted octanol–water partition coefficient (Wildman–Crippen LogP) is 0.906. The average Bonchev–Trinajstić information content (AvgIpc) is 3.01. The molecule has 0 amide bonds. The second kappa shape index (κ2) is 4.72. The lowest BCUT2D eigenvalue weighted by Crippen LogP contribution is -2.34. The van der Waals surface area contributed by atoms with Crippen molar-refractivity contribution >= 4 is 11.5 Å². The van der Waals surface area contributed by atoms with Gasteiger partial charge in [-0.15, -0.1) is 0 Å². The molecule has 0 bridgehead atoms. The van der Waals surface area contributed by atoms with E-state index in [0.717, 1.165) is 19.6 Å². The molecular weight excluding hydrogens is 258 g/mol. The van der Waals surface area contributed by atoms with Crippen molar-refractivity contribution in [2.24, 2.45) is 11.8 Å². The summed E-state index contributed by atoms with van der Waals surface area (Å²) >= 11 is 0. The van der Waals surface area contributed by atoms with Crippen molar-refractivity contribution in [3.8, 4) is 6.07 Å². The van der Waals surface area contributed by atoms with Gasteiger partial charge in [0.05, 0.1) is 4.92 Å². The number of pyridine rings is 1. The fraction of sp³-hybridized carbons (Fsp3) is 0.538. The lowest BCUT2D eigenvalue weighted by atomic mass is 9.95. The molecule has 2 saturated heterocycles. The van der Waals surface area contributed by atoms with Gasteiger partial charge in [0.2, 0.25) is 5.82 Å². The summed E-state index contributed by atoms with van der Waals surface area (Å²) in [5, 5.41) is 23.7. The Morgan fingerprint density at radius 2 is 2.40 bits per heavy atom. The number of hydrogen-bond acceptors (Lipinski definition) is 6. The van der Waals surface area contributed by atoms with E-state index >= 15 is 0 Å². The maximum absolute atomic E-state index is 11.3. The van der Waals surface area contributed by atoms with Crippen LogP contribution in [0.15, 0.2) is 12.3 Å². The number of anilines is 1. The van der Waals surface area contributed by atoms with E-state index in [1.54, 1.807) is 0 Å². The SMILES string of the molecule is CC1C2CNCC2CN1c1nccc(C#N)c1[N+](=O)[O-]. The zero-order valence-corrected chi connectivity index (χ0v) is 11.1. The number of nitrogens with one attached hydrogen (secondary N) is 1. The molecule has 1 aromatic rings. The van der Waals surface area contributed by atoms with Gasteiger partial charge in [-0.3, -0.25) is 10.1 Å². The van der Waals surface area contributed by atoms with Crippen molar-refractivity contribution in [3.63, 3.8) is 0 Å². The summed E-state index contributed by atoms with van der Waals surface area (Å²) in [6.45, 7) is 4.70. The maximum Gasteiger partial charge on any atom is 0.329 e. The number of rotatable bonds is 2. The molecule has 0 saturated carbocycles. The Morgan fingerprint density at radius 3 is 3.05 bits per heavy atom. The summed E-state index contributed by atoms with van der Waals surface area (Å²) in [6.07, 6.45) is 1.47. The highest BCUT2D eigenvalue weighted by molar-refractivity contribution is 5.66. The lowest BCUT2D eigenvalue weighted by molar-refractivity contribution is -0.384. The normalized spacial score (nSPS) is 28.2. The summed E-state index contributed by atoms with van der Waals surface area (Å²) < 4.78 is 0. The summed E-state index contributed by atoms with van der Waals surface area (Å²) in [6, 6.07) is 3.47. The van der Waals surface area contributed by atoms with Crippen LogP contribution in [-0.4, -0.2) is 35.6 Å². The van der Waals surface area contributed by atoms with Crippen LogP contribution >= 0.6 is 0 Å². The third-order valence-electron chi connectivity index (χ3n) is 4.41. The summed E-state index contributed by atoms with van der Waals surface area (Å²) in [7, 11) is 0. The van der Waals surface area contributed by atoms with E-state index in [2.05, 4.69) is 17.2 Å². The second-order valence-corrected chi connectivity index (χ2v) is 5.37. The van der Waals surface area contributed by atoms with Crippen molar-refractivity contribution < 1.29 is 4.92 Å². The molecule has 3 rings (SSSR count). The highest BCUT2D eigenvalue weighted by atomic mass is 16.6. The highest BCUT2D eigenvalue weighted by Crippen LogP contribution is 2.39. The molecular formula is C13H15N5O2. The fourth-order valence-corrected chi connectivity index (χ4v) is 3.37. The molecule has 3 unspecified atom stereocenters. The molecule has 0 aliphatic carbocycles. The number of nitrogens with zero attached hydrogens (tertiary/aromatic N) is 4. The molecule has 1 aromatic heterocycles. The molecule has 3 atom stereocenters. The number of nitriles is 1. The highest BCUT2D eigenvalue weighted by Gasteiger charge is 2.44. The topological polar surface area (TPSA) is 95.1 Å². The molecule has 7 heteroatoms. The first-order valence-electron chi connectivity index (χ1n) is 6.64. The van der Waals surface area contributed by atoms with Crippen molar-refractivity contribution in [2.45, 2.75) is 13.0 Å². The van der Waals surface area contributed by atoms with E-state index in [-0.39, 0.29) is 17.3 Å². The molecule has 2 aliphatic rings. The summed E-state index contributed by atoms with van der Waals surface area (Å²) in [4.78, 5) is 16.9. The second-order valence-electron chi connectivity index (χ2n) is 5.37. The van der Waals surface area contributed by atoms with Crippen LogP contribution in [-0.2, 0) is 0 Å². The molecule has 2 fully saturated rings. The Hall–Kier alpha value is -2.20. The van der Waals surface area contributed by atoms with E-state index in [9.17, 15) is 10.1 Å². The monoisotopic (exact) mass is 273 g/mol. The molecule has 104 valence electrons. The standard InChI is InChI=1S/C13H15N5O2/c1-8-11-6-15-5-10(11)7-17(8)13-12(18(19)20)9(4-14)2-3-16-13/h2-3,8,10-11,15H,5-7H2,1H3. The Labute approximate surface area is 116 Å². The average molecular weight is 273 g/mol. The summed E-state index contributed by atoms with van der Waals surface area (Å²) in [5.74, 6) is 1.32. The van der Waals surface area contributed by atoms with Crippen LogP contribution in [0.1, 0.15) is 12.5 Å². The van der Waals surface area contributed by atoms with Gasteiger partial charge in [-0.25, -0.2) is 4.98 Å². The van der Waals surface area contributed by atoms with Crippen LogP contribution in [0.2, 0.25) is 0 Å². The van der Waals surface area contributed by atoms with E-state index in [1.807, 2.05) is 11.0 Å². The molecule has 0 spiro atoms. The van der Waals surface area contributed by atoms with Crippen LogP contribution in [0.3, 0.4) is 0 Å². The van der Waals surface area contributed by atoms with Crippen LogP contribution in [0, 0.1) is 33.3 Å². The van der Waals surface area contributed by atoms with E-state index in [4.69, 9.17) is 5.26 Å². The van der Waals surface area contributed by atoms with E-state index in [0.29, 0.717) is 17.7 Å². The Bertz CT molecular complexity index is 597. The third kappa shape index (κ3) is 1.80. The van der Waals surface area contributed by atoms with E-state index in [1.165, 1.54) is 12.3 Å². The van der Waals surface area contributed by atoms with Crippen LogP contribution < -0.4 is 10.2 Å². The van der Waals surface area contributed by atoms with Gasteiger partial charge < -0.3 is 10.2 Å². The van der Waals surface area contributed by atoms with Crippen molar-refractivity contribution in [1.82, 2.24) is 10.3 Å². The maximum atomic E-state index is 11.3. The quantitative estimate of drug-likeness (QED) is 0.635. The third-order valence-corrected chi connectivity index (χ3v) is 4.41. The minimum absolute atomic E-state index is 0.0717. The molecule has 20 heavy (non-hydrogen) atoms. The molecule has 3 heterocycles. The Balaban J connectivity index is 2.03. The van der Waals surface area contributed by atoms with Gasteiger partial charge in [0, 0.05) is 31.9 Å². The lowest BCUT2D eigenvalue weighted by Gasteiger charge is -2.25. The summed E-state index contributed by atoms with van der Waals surface area (Å²) in [5.41, 5.74) is -0.0998. The van der Waals surface area contributed by atoms with Crippen molar-refractivity contribution in [3.05, 3.63) is 27.9 Å². The smallest absolute Gasteiger partial charge is 0.329 e. The van der Waals surface area contributed by atoms with Gasteiger partial charge in [-0.1, -0.05) is 0 Å². The van der Waals surface area contributed by atoms with Gasteiger partial charge in [0.1, 0.15) is 11.6 Å². The molecule has 0 radical (unpaired) electrons. The van der Waals surface area contributed by atoms with Crippen molar-refractivity contribution in [2.75, 3.05) is 24.5 Å². The van der Waals surface area contributed by atoms with Crippen molar-refractivity contribution in [1.29, 1.82) is 5.26 Å². The first-order chi connectivity index (χ1) is 9.63. The number of fused-ring (bicyclic) bond motifs is 1. The minimum atomic E-state index is -0.500. The van der Waals surface area contributed by atoms with Gasteiger partial charge in [-0.2, -0.15) is 5.26 Å². The van der Waals surface area contributed by atoms with Crippen LogP contribution in [0.25, 0.3) is 0 Å². The molecule has 0 aromatic carbocycles. The van der Waals surface area contributed by atoms with Gasteiger partial charge in [-0.05, 0) is 24.8 Å². The zero-order valence-electron chi connectivity index (χ0n) is 11.1. The fourth-order valence-electron chi connectivity index (χ4n) is 3.37. The van der Waals surface area contributed by atoms with E-state index < -0.39 is 4.92 Å². The Morgan fingerprint density at radius 1 is 1.60 bits per heavy atom. The minimum Gasteiger partial charge on any atom is -0.347 e. The number of aromatic nitrogens is 1. The molecule has 7 nitrogen and oxygen atoms in total. The molecule has 1 N–H and O–H groups in total. The van der Waals surface area contributed by atoms with Gasteiger partial charge in [0.15, 0.2) is 0 Å². The van der Waals surface area contributed by atoms with Gasteiger partial charge >= 0.3 is 5.69 Å². The first-order valence-corrected chi connectivity index (χ1v) is 6.64. The zero-order chi connectivity index (χ0) is 14.3. The number of hydrogen-bond donors (Lipinski definition) is 1. The Kier molecular flexibility index (Phi) is 3.03.